The molecule has 0 heterocycles. The van der Waals surface area contributed by atoms with Crippen LogP contribution in [0.5, 0.6) is 0 Å². The molecule has 0 aliphatic heterocycles. The number of aliphatic carboxylic acids is 1. The van der Waals surface area contributed by atoms with Gasteiger partial charge in [0.15, 0.2) is 5.78 Å². The molecule has 1 aromatic rings. The Labute approximate surface area is 118 Å². The topological polar surface area (TPSA) is 86.6 Å². The number of carbonyl (C=O) groups excluding carboxylic acids is 1. The van der Waals surface area contributed by atoms with Crippen molar-refractivity contribution in [2.75, 3.05) is 6.54 Å². The molecule has 0 spiro atoms. The van der Waals surface area contributed by atoms with E-state index < -0.39 is 18.1 Å². The van der Waals surface area contributed by atoms with Crippen molar-refractivity contribution in [3.63, 3.8) is 0 Å². The number of carbonyl (C=O) groups is 2. The molecule has 0 aliphatic rings. The molecular weight excluding hydrogens is 258 g/mol. The highest BCUT2D eigenvalue weighted by molar-refractivity contribution is 6.01. The van der Waals surface area contributed by atoms with E-state index in [0.717, 1.165) is 11.1 Å². The summed E-state index contributed by atoms with van der Waals surface area (Å²) >= 11 is 0. The lowest BCUT2D eigenvalue weighted by Crippen LogP contribution is -2.41. The standard InChI is InChI=1S/C15H21NO4/c1-9-4-5-12(6-10(9)2)15(20)13(7-14(18)19)16-8-11(3)17/h4-6,11,13,16-17H,7-8H2,1-3H3,(H,18,19). The number of hydrogen-bond acceptors (Lipinski definition) is 4. The van der Waals surface area contributed by atoms with Crippen LogP contribution in [-0.2, 0) is 4.79 Å². The second kappa shape index (κ2) is 7.17. The predicted octanol–water partition coefficient (Wildman–Crippen LogP) is 1.30. The van der Waals surface area contributed by atoms with Crippen LogP contribution in [0.15, 0.2) is 18.2 Å². The Kier molecular flexibility index (Phi) is 5.85. The van der Waals surface area contributed by atoms with E-state index in [2.05, 4.69) is 5.32 Å². The normalized spacial score (nSPS) is 13.8. The summed E-state index contributed by atoms with van der Waals surface area (Å²) in [7, 11) is 0. The first-order chi connectivity index (χ1) is 9.31. The first-order valence-electron chi connectivity index (χ1n) is 6.56. The fourth-order valence-corrected chi connectivity index (χ4v) is 1.84. The number of hydrogen-bond donors (Lipinski definition) is 3. The number of aryl methyl sites for hydroxylation is 2. The second-order valence-electron chi connectivity index (χ2n) is 5.07. The molecule has 0 fully saturated rings. The summed E-state index contributed by atoms with van der Waals surface area (Å²) in [6.07, 6.45) is -0.947. The van der Waals surface area contributed by atoms with Crippen molar-refractivity contribution >= 4 is 11.8 Å². The number of aliphatic hydroxyl groups is 1. The van der Waals surface area contributed by atoms with Gasteiger partial charge in [-0.3, -0.25) is 9.59 Å². The third kappa shape index (κ3) is 4.75. The quantitative estimate of drug-likeness (QED) is 0.655. The van der Waals surface area contributed by atoms with Crippen molar-refractivity contribution in [2.24, 2.45) is 0 Å². The maximum absolute atomic E-state index is 12.3. The summed E-state index contributed by atoms with van der Waals surface area (Å²) in [4.78, 5) is 23.2. The van der Waals surface area contributed by atoms with E-state index in [9.17, 15) is 14.7 Å². The van der Waals surface area contributed by atoms with Crippen LogP contribution in [0.1, 0.15) is 34.8 Å². The fourth-order valence-electron chi connectivity index (χ4n) is 1.84. The number of rotatable bonds is 7. The minimum atomic E-state index is -1.05. The van der Waals surface area contributed by atoms with Crippen LogP contribution in [0.2, 0.25) is 0 Å². The lowest BCUT2D eigenvalue weighted by atomic mass is 9.98. The van der Waals surface area contributed by atoms with Crippen molar-refractivity contribution in [1.82, 2.24) is 5.32 Å². The fraction of sp³-hybridized carbons (Fsp3) is 0.467. The Bertz CT molecular complexity index is 497. The number of nitrogens with one attached hydrogen (secondary N) is 1. The molecular formula is C15H21NO4. The molecule has 110 valence electrons. The van der Waals surface area contributed by atoms with Crippen LogP contribution in [0.4, 0.5) is 0 Å². The monoisotopic (exact) mass is 279 g/mol. The van der Waals surface area contributed by atoms with Gasteiger partial charge in [0.25, 0.3) is 0 Å². The molecule has 20 heavy (non-hydrogen) atoms. The lowest BCUT2D eigenvalue weighted by molar-refractivity contribution is -0.137. The van der Waals surface area contributed by atoms with Gasteiger partial charge in [-0.05, 0) is 38.0 Å². The summed E-state index contributed by atoms with van der Waals surface area (Å²) in [5, 5.41) is 20.9. The van der Waals surface area contributed by atoms with Gasteiger partial charge in [0.1, 0.15) is 0 Å². The van der Waals surface area contributed by atoms with Crippen LogP contribution < -0.4 is 5.32 Å². The number of benzene rings is 1. The van der Waals surface area contributed by atoms with E-state index in [1.54, 1.807) is 19.1 Å². The van der Waals surface area contributed by atoms with Crippen molar-refractivity contribution < 1.29 is 19.8 Å². The smallest absolute Gasteiger partial charge is 0.305 e. The minimum Gasteiger partial charge on any atom is -0.481 e. The zero-order valence-corrected chi connectivity index (χ0v) is 12.0. The summed E-state index contributed by atoms with van der Waals surface area (Å²) in [6.45, 7) is 5.60. The molecule has 0 aromatic heterocycles. The zero-order valence-electron chi connectivity index (χ0n) is 12.0. The molecule has 5 heteroatoms. The SMILES string of the molecule is Cc1ccc(C(=O)C(CC(=O)O)NCC(C)O)cc1C. The largest absolute Gasteiger partial charge is 0.481 e. The van der Waals surface area contributed by atoms with E-state index in [4.69, 9.17) is 5.11 Å². The number of aliphatic hydroxyl groups excluding tert-OH is 1. The lowest BCUT2D eigenvalue weighted by Gasteiger charge is -2.17. The number of Topliss-reactive ketones (excluding diaryl/α,β-unsaturated/α-hetero) is 1. The molecule has 0 saturated heterocycles. The highest BCUT2D eigenvalue weighted by Crippen LogP contribution is 2.13. The molecule has 3 N–H and O–H groups in total. The predicted molar refractivity (Wildman–Crippen MR) is 76.0 cm³/mol. The Morgan fingerprint density at radius 2 is 1.90 bits per heavy atom. The van der Waals surface area contributed by atoms with Crippen LogP contribution in [-0.4, -0.2) is 40.7 Å². The van der Waals surface area contributed by atoms with Crippen molar-refractivity contribution in [3.05, 3.63) is 34.9 Å². The van der Waals surface area contributed by atoms with E-state index in [0.29, 0.717) is 5.56 Å². The highest BCUT2D eigenvalue weighted by Gasteiger charge is 2.23. The Morgan fingerprint density at radius 1 is 1.25 bits per heavy atom. The number of carboxylic acid groups (broad SMARTS) is 1. The van der Waals surface area contributed by atoms with Crippen molar-refractivity contribution in [3.8, 4) is 0 Å². The van der Waals surface area contributed by atoms with Crippen molar-refractivity contribution in [2.45, 2.75) is 39.3 Å². The third-order valence-electron chi connectivity index (χ3n) is 3.15. The van der Waals surface area contributed by atoms with Gasteiger partial charge in [-0.25, -0.2) is 0 Å². The first kappa shape index (κ1) is 16.3. The van der Waals surface area contributed by atoms with Gasteiger partial charge in [-0.15, -0.1) is 0 Å². The average molecular weight is 279 g/mol. The summed E-state index contributed by atoms with van der Waals surface area (Å²) in [6, 6.07) is 4.47. The van der Waals surface area contributed by atoms with Gasteiger partial charge >= 0.3 is 5.97 Å². The maximum atomic E-state index is 12.3. The third-order valence-corrected chi connectivity index (χ3v) is 3.15. The maximum Gasteiger partial charge on any atom is 0.305 e. The van der Waals surface area contributed by atoms with E-state index in [-0.39, 0.29) is 18.7 Å². The van der Waals surface area contributed by atoms with Crippen LogP contribution in [0.3, 0.4) is 0 Å². The van der Waals surface area contributed by atoms with E-state index >= 15 is 0 Å². The molecule has 2 atom stereocenters. The highest BCUT2D eigenvalue weighted by atomic mass is 16.4. The van der Waals surface area contributed by atoms with Gasteiger partial charge in [0.05, 0.1) is 18.6 Å². The molecule has 0 saturated carbocycles. The molecule has 2 unspecified atom stereocenters. The van der Waals surface area contributed by atoms with E-state index in [1.165, 1.54) is 0 Å². The molecule has 5 nitrogen and oxygen atoms in total. The molecule has 1 aromatic carbocycles. The summed E-state index contributed by atoms with van der Waals surface area (Å²) in [5.41, 5.74) is 2.55. The molecule has 0 radical (unpaired) electrons. The summed E-state index contributed by atoms with van der Waals surface area (Å²) in [5.74, 6) is -1.32. The molecule has 1 rings (SSSR count). The number of carboxylic acids is 1. The zero-order chi connectivity index (χ0) is 15.3. The number of ketones is 1. The van der Waals surface area contributed by atoms with Crippen molar-refractivity contribution in [1.29, 1.82) is 0 Å². The van der Waals surface area contributed by atoms with Gasteiger partial charge in [0.2, 0.25) is 0 Å². The second-order valence-corrected chi connectivity index (χ2v) is 5.07. The Morgan fingerprint density at radius 3 is 2.40 bits per heavy atom. The van der Waals surface area contributed by atoms with E-state index in [1.807, 2.05) is 19.9 Å². The molecule has 0 aliphatic carbocycles. The van der Waals surface area contributed by atoms with Gasteiger partial charge < -0.3 is 15.5 Å². The summed E-state index contributed by atoms with van der Waals surface area (Å²) < 4.78 is 0. The van der Waals surface area contributed by atoms with Crippen LogP contribution >= 0.6 is 0 Å². The van der Waals surface area contributed by atoms with Gasteiger partial charge in [0, 0.05) is 12.1 Å². The van der Waals surface area contributed by atoms with Gasteiger partial charge in [-0.2, -0.15) is 0 Å². The Hall–Kier alpha value is -1.72. The molecule has 0 bridgehead atoms. The minimum absolute atomic E-state index is 0.175. The Balaban J connectivity index is 2.90. The first-order valence-corrected chi connectivity index (χ1v) is 6.56. The molecule has 0 amide bonds. The van der Waals surface area contributed by atoms with Gasteiger partial charge in [-0.1, -0.05) is 12.1 Å². The average Bonchev–Trinajstić information content (AvgIpc) is 2.36. The van der Waals surface area contributed by atoms with Crippen LogP contribution in [0.25, 0.3) is 0 Å². The van der Waals surface area contributed by atoms with Crippen LogP contribution in [0, 0.1) is 13.8 Å².